The van der Waals surface area contributed by atoms with Crippen LogP contribution in [0.3, 0.4) is 0 Å². The van der Waals surface area contributed by atoms with Crippen LogP contribution in [0.4, 0.5) is 4.39 Å². The maximum absolute atomic E-state index is 13.4. The van der Waals surface area contributed by atoms with Crippen molar-refractivity contribution in [2.24, 2.45) is 11.7 Å². The first-order valence-corrected chi connectivity index (χ1v) is 9.98. The molecule has 0 bridgehead atoms. The van der Waals surface area contributed by atoms with Crippen molar-refractivity contribution in [3.8, 4) is 0 Å². The summed E-state index contributed by atoms with van der Waals surface area (Å²) in [5.74, 6) is -0.00484. The summed E-state index contributed by atoms with van der Waals surface area (Å²) >= 11 is 0. The van der Waals surface area contributed by atoms with E-state index in [9.17, 15) is 9.18 Å². The lowest BCUT2D eigenvalue weighted by atomic mass is 9.96. The number of benzene rings is 1. The van der Waals surface area contributed by atoms with E-state index in [-0.39, 0.29) is 17.8 Å². The first-order valence-electron chi connectivity index (χ1n) is 9.98. The molecule has 0 radical (unpaired) electrons. The molecule has 1 amide bonds. The minimum atomic E-state index is -0.376. The highest BCUT2D eigenvalue weighted by molar-refractivity contribution is 5.94. The molecule has 0 aliphatic carbocycles. The molecule has 3 heterocycles. The summed E-state index contributed by atoms with van der Waals surface area (Å²) in [6, 6.07) is 6.18. The molecule has 0 unspecified atom stereocenters. The van der Waals surface area contributed by atoms with E-state index in [4.69, 9.17) is 5.73 Å². The minimum absolute atomic E-state index is 0.0928. The van der Waals surface area contributed by atoms with Gasteiger partial charge < -0.3 is 10.6 Å². The smallest absolute Gasteiger partial charge is 0.253 e. The topological polar surface area (TPSA) is 80.3 Å². The molecule has 4 rings (SSSR count). The number of hydrogen-bond donors (Lipinski definition) is 1. The van der Waals surface area contributed by atoms with Crippen molar-refractivity contribution in [1.82, 2.24) is 24.8 Å². The molecule has 2 fully saturated rings. The van der Waals surface area contributed by atoms with Gasteiger partial charge in [0.2, 0.25) is 0 Å². The maximum Gasteiger partial charge on any atom is 0.253 e. The Kier molecular flexibility index (Phi) is 5.68. The molecule has 0 spiro atoms. The van der Waals surface area contributed by atoms with Crippen molar-refractivity contribution >= 4 is 5.91 Å². The van der Waals surface area contributed by atoms with Gasteiger partial charge in [-0.05, 0) is 43.4 Å². The summed E-state index contributed by atoms with van der Waals surface area (Å²) in [7, 11) is 0. The molecule has 150 valence electrons. The average Bonchev–Trinajstić information content (AvgIpc) is 3.30. The zero-order chi connectivity index (χ0) is 19.5. The fraction of sp³-hybridized carbons (Fsp3) is 0.550. The van der Waals surface area contributed by atoms with Crippen LogP contribution in [0.15, 0.2) is 30.5 Å². The number of amides is 1. The third kappa shape index (κ3) is 4.56. The lowest BCUT2D eigenvalue weighted by molar-refractivity contribution is 0.0680. The van der Waals surface area contributed by atoms with Gasteiger partial charge in [0.05, 0.1) is 5.69 Å². The zero-order valence-corrected chi connectivity index (χ0v) is 16.0. The molecule has 28 heavy (non-hydrogen) atoms. The molecule has 2 aromatic rings. The van der Waals surface area contributed by atoms with E-state index in [1.165, 1.54) is 12.1 Å². The summed E-state index contributed by atoms with van der Waals surface area (Å²) < 4.78 is 15.3. The van der Waals surface area contributed by atoms with Crippen LogP contribution >= 0.6 is 0 Å². The Morgan fingerprint density at radius 3 is 2.75 bits per heavy atom. The molecule has 8 heteroatoms. The first kappa shape index (κ1) is 19.0. The normalized spacial score (nSPS) is 21.4. The Morgan fingerprint density at radius 1 is 1.21 bits per heavy atom. The monoisotopic (exact) mass is 386 g/mol. The number of piperidine rings is 1. The minimum Gasteiger partial charge on any atom is -0.339 e. The zero-order valence-electron chi connectivity index (χ0n) is 16.0. The Morgan fingerprint density at radius 2 is 2.04 bits per heavy atom. The van der Waals surface area contributed by atoms with Crippen LogP contribution in [0.1, 0.15) is 35.3 Å². The molecule has 1 aromatic carbocycles. The second-order valence-corrected chi connectivity index (χ2v) is 7.96. The van der Waals surface area contributed by atoms with Crippen molar-refractivity contribution < 1.29 is 9.18 Å². The van der Waals surface area contributed by atoms with Crippen molar-refractivity contribution in [3.63, 3.8) is 0 Å². The van der Waals surface area contributed by atoms with Gasteiger partial charge in [0.15, 0.2) is 0 Å². The molecular weight excluding hydrogens is 359 g/mol. The molecule has 2 saturated heterocycles. The number of carbonyl (C=O) groups excluding carboxylic acids is 1. The number of hydrogen-bond acceptors (Lipinski definition) is 5. The highest BCUT2D eigenvalue weighted by Gasteiger charge is 2.25. The van der Waals surface area contributed by atoms with E-state index in [0.717, 1.165) is 51.1 Å². The van der Waals surface area contributed by atoms with E-state index in [1.807, 2.05) is 15.8 Å². The van der Waals surface area contributed by atoms with Crippen LogP contribution in [0, 0.1) is 11.7 Å². The van der Waals surface area contributed by atoms with Gasteiger partial charge in [-0.3, -0.25) is 14.4 Å². The van der Waals surface area contributed by atoms with E-state index < -0.39 is 0 Å². The van der Waals surface area contributed by atoms with Gasteiger partial charge in [0.25, 0.3) is 5.91 Å². The third-order valence-electron chi connectivity index (χ3n) is 5.70. The summed E-state index contributed by atoms with van der Waals surface area (Å²) in [6.07, 6.45) is 4.89. The van der Waals surface area contributed by atoms with Crippen molar-refractivity contribution in [3.05, 3.63) is 47.5 Å². The van der Waals surface area contributed by atoms with Crippen LogP contribution in [-0.2, 0) is 13.1 Å². The number of halogens is 1. The fourth-order valence-electron chi connectivity index (χ4n) is 4.12. The number of aromatic nitrogens is 3. The SMILES string of the molecule is N[C@@H]1CCN(Cc2cn(CC3CCN(C(=O)c4cccc(F)c4)CC3)nn2)C1. The number of nitrogens with two attached hydrogens (primary N) is 1. The van der Waals surface area contributed by atoms with Gasteiger partial charge in [-0.15, -0.1) is 5.10 Å². The lowest BCUT2D eigenvalue weighted by Crippen LogP contribution is -2.39. The summed E-state index contributed by atoms with van der Waals surface area (Å²) in [4.78, 5) is 16.7. The Balaban J connectivity index is 1.26. The molecule has 1 atom stereocenters. The van der Waals surface area contributed by atoms with Crippen molar-refractivity contribution in [2.75, 3.05) is 26.2 Å². The van der Waals surface area contributed by atoms with Gasteiger partial charge >= 0.3 is 0 Å². The van der Waals surface area contributed by atoms with Crippen molar-refractivity contribution in [1.29, 1.82) is 0 Å². The van der Waals surface area contributed by atoms with E-state index >= 15 is 0 Å². The van der Waals surface area contributed by atoms with Gasteiger partial charge in [-0.25, -0.2) is 4.39 Å². The lowest BCUT2D eigenvalue weighted by Gasteiger charge is -2.32. The highest BCUT2D eigenvalue weighted by Crippen LogP contribution is 2.21. The largest absolute Gasteiger partial charge is 0.339 e. The predicted octanol–water partition coefficient (Wildman–Crippen LogP) is 1.50. The summed E-state index contributed by atoms with van der Waals surface area (Å²) in [6.45, 7) is 4.93. The molecule has 1 aromatic heterocycles. The van der Waals surface area contributed by atoms with E-state index in [0.29, 0.717) is 24.6 Å². The second kappa shape index (κ2) is 8.36. The van der Waals surface area contributed by atoms with Gasteiger partial charge in [0.1, 0.15) is 5.82 Å². The van der Waals surface area contributed by atoms with Crippen molar-refractivity contribution in [2.45, 2.75) is 38.4 Å². The number of nitrogens with zero attached hydrogens (tertiary/aromatic N) is 5. The Labute approximate surface area is 164 Å². The number of carbonyl (C=O) groups is 1. The maximum atomic E-state index is 13.4. The summed E-state index contributed by atoms with van der Waals surface area (Å²) in [5.41, 5.74) is 7.35. The highest BCUT2D eigenvalue weighted by atomic mass is 19.1. The van der Waals surface area contributed by atoms with Crippen LogP contribution in [0.25, 0.3) is 0 Å². The third-order valence-corrected chi connectivity index (χ3v) is 5.70. The second-order valence-electron chi connectivity index (χ2n) is 7.96. The number of likely N-dealkylation sites (tertiary alicyclic amines) is 2. The van der Waals surface area contributed by atoms with E-state index in [2.05, 4.69) is 15.2 Å². The average molecular weight is 386 g/mol. The molecular formula is C20H27FN6O. The molecule has 2 aliphatic heterocycles. The molecule has 2 aliphatic rings. The van der Waals surface area contributed by atoms with Crippen LogP contribution in [0.5, 0.6) is 0 Å². The Bertz CT molecular complexity index is 817. The van der Waals surface area contributed by atoms with Gasteiger partial charge in [0, 0.05) is 57.1 Å². The molecule has 7 nitrogen and oxygen atoms in total. The van der Waals surface area contributed by atoms with Gasteiger partial charge in [-0.1, -0.05) is 11.3 Å². The van der Waals surface area contributed by atoms with Crippen LogP contribution in [0.2, 0.25) is 0 Å². The quantitative estimate of drug-likeness (QED) is 0.842. The summed E-state index contributed by atoms with van der Waals surface area (Å²) in [5, 5.41) is 8.56. The fourth-order valence-corrected chi connectivity index (χ4v) is 4.12. The first-order chi connectivity index (χ1) is 13.6. The van der Waals surface area contributed by atoms with E-state index in [1.54, 1.807) is 12.1 Å². The standard InChI is InChI=1S/C20H27FN6O/c21-17-3-1-2-16(10-17)20(28)26-8-4-15(5-9-26)11-27-14-19(23-24-27)13-25-7-6-18(22)12-25/h1-3,10,14-15,18H,4-9,11-13,22H2/t18-/m1/s1. The van der Waals surface area contributed by atoms with Crippen LogP contribution in [-0.4, -0.2) is 62.9 Å². The Hall–Kier alpha value is -2.32. The molecule has 2 N–H and O–H groups in total. The van der Waals surface area contributed by atoms with Crippen LogP contribution < -0.4 is 5.73 Å². The van der Waals surface area contributed by atoms with Gasteiger partial charge in [-0.2, -0.15) is 0 Å². The number of rotatable bonds is 5. The predicted molar refractivity (Wildman–Crippen MR) is 103 cm³/mol. The molecule has 0 saturated carbocycles.